The molecule has 1 amide bonds. The van der Waals surface area contributed by atoms with E-state index in [1.807, 2.05) is 60.9 Å². The molecule has 0 radical (unpaired) electrons. The Labute approximate surface area is 169 Å². The number of rotatable bonds is 7. The maximum atomic E-state index is 12.6. The van der Waals surface area contributed by atoms with Crippen molar-refractivity contribution in [2.45, 2.75) is 50.6 Å². The van der Waals surface area contributed by atoms with Gasteiger partial charge in [-0.2, -0.15) is 0 Å². The first kappa shape index (κ1) is 20.1. The second kappa shape index (κ2) is 9.01. The van der Waals surface area contributed by atoms with Gasteiger partial charge >= 0.3 is 0 Å². The van der Waals surface area contributed by atoms with Crippen molar-refractivity contribution < 1.29 is 4.79 Å². The van der Waals surface area contributed by atoms with Crippen molar-refractivity contribution in [2.75, 3.05) is 5.32 Å². The summed E-state index contributed by atoms with van der Waals surface area (Å²) in [5.41, 5.74) is 2.82. The molecule has 0 aliphatic carbocycles. The van der Waals surface area contributed by atoms with E-state index >= 15 is 0 Å². The van der Waals surface area contributed by atoms with Crippen LogP contribution in [0.15, 0.2) is 53.8 Å². The van der Waals surface area contributed by atoms with E-state index in [9.17, 15) is 4.79 Å². The highest BCUT2D eigenvalue weighted by Crippen LogP contribution is 2.27. The number of nitrogens with zero attached hydrogens (tertiary/aromatic N) is 4. The number of hydrogen-bond acceptors (Lipinski definition) is 5. The quantitative estimate of drug-likeness (QED) is 0.592. The maximum absolute atomic E-state index is 12.6. The molecule has 28 heavy (non-hydrogen) atoms. The summed E-state index contributed by atoms with van der Waals surface area (Å²) in [6, 6.07) is 13.7. The van der Waals surface area contributed by atoms with E-state index < -0.39 is 0 Å². The average Bonchev–Trinajstić information content (AvgIpc) is 3.11. The number of anilines is 1. The molecule has 1 unspecified atom stereocenters. The van der Waals surface area contributed by atoms with Gasteiger partial charge in [0, 0.05) is 18.4 Å². The van der Waals surface area contributed by atoms with E-state index in [4.69, 9.17) is 0 Å². The van der Waals surface area contributed by atoms with Crippen LogP contribution < -0.4 is 5.32 Å². The summed E-state index contributed by atoms with van der Waals surface area (Å²) in [5, 5.41) is 11.9. The molecule has 3 rings (SSSR count). The molecule has 0 saturated carbocycles. The van der Waals surface area contributed by atoms with Gasteiger partial charge < -0.3 is 9.88 Å². The van der Waals surface area contributed by atoms with E-state index in [0.29, 0.717) is 23.4 Å². The van der Waals surface area contributed by atoms with E-state index in [2.05, 4.69) is 34.3 Å². The number of nitrogens with one attached hydrogen (secondary N) is 1. The molecule has 2 heterocycles. The Morgan fingerprint density at radius 1 is 1.11 bits per heavy atom. The Balaban J connectivity index is 1.69. The number of amides is 1. The van der Waals surface area contributed by atoms with Gasteiger partial charge in [0.2, 0.25) is 5.91 Å². The van der Waals surface area contributed by atoms with E-state index in [1.165, 1.54) is 17.3 Å². The zero-order valence-electron chi connectivity index (χ0n) is 16.6. The summed E-state index contributed by atoms with van der Waals surface area (Å²) in [6.45, 7) is 8.90. The van der Waals surface area contributed by atoms with Gasteiger partial charge in [0.05, 0.1) is 5.25 Å². The average molecular weight is 396 g/mol. The molecule has 3 aromatic rings. The summed E-state index contributed by atoms with van der Waals surface area (Å²) in [5.74, 6) is 1.11. The first-order chi connectivity index (χ1) is 13.5. The Morgan fingerprint density at radius 2 is 1.86 bits per heavy atom. The predicted molar refractivity (Wildman–Crippen MR) is 113 cm³/mol. The van der Waals surface area contributed by atoms with Gasteiger partial charge in [0.1, 0.15) is 5.69 Å². The van der Waals surface area contributed by atoms with Crippen molar-refractivity contribution in [3.8, 4) is 11.5 Å². The van der Waals surface area contributed by atoms with Gasteiger partial charge in [-0.25, -0.2) is 0 Å². The van der Waals surface area contributed by atoms with Crippen molar-refractivity contribution in [2.24, 2.45) is 0 Å². The van der Waals surface area contributed by atoms with E-state index in [-0.39, 0.29) is 11.2 Å². The van der Waals surface area contributed by atoms with Crippen molar-refractivity contribution in [3.05, 3.63) is 54.2 Å². The standard InChI is InChI=1S/C21H25N5OS/c1-5-26-19(18-8-6-7-13-22-18)24-25-21(26)28-15(4)20(27)23-17-11-9-16(10-12-17)14(2)3/h6-15H,5H2,1-4H3,(H,23,27). The molecular weight excluding hydrogens is 370 g/mol. The lowest BCUT2D eigenvalue weighted by atomic mass is 10.0. The molecule has 1 aromatic carbocycles. The van der Waals surface area contributed by atoms with Crippen LogP contribution >= 0.6 is 11.8 Å². The van der Waals surface area contributed by atoms with Gasteiger partial charge in [0.25, 0.3) is 0 Å². The van der Waals surface area contributed by atoms with Gasteiger partial charge in [-0.1, -0.05) is 43.8 Å². The fourth-order valence-corrected chi connectivity index (χ4v) is 3.67. The molecule has 7 heteroatoms. The Morgan fingerprint density at radius 3 is 2.46 bits per heavy atom. The second-order valence-electron chi connectivity index (χ2n) is 6.79. The predicted octanol–water partition coefficient (Wildman–Crippen LogP) is 4.60. The monoisotopic (exact) mass is 395 g/mol. The van der Waals surface area contributed by atoms with Crippen LogP contribution in [-0.4, -0.2) is 30.9 Å². The minimum atomic E-state index is -0.309. The van der Waals surface area contributed by atoms with Crippen LogP contribution in [0.5, 0.6) is 0 Å². The van der Waals surface area contributed by atoms with Crippen LogP contribution in [0.2, 0.25) is 0 Å². The summed E-state index contributed by atoms with van der Waals surface area (Å²) in [7, 11) is 0. The molecule has 0 saturated heterocycles. The minimum absolute atomic E-state index is 0.0627. The first-order valence-electron chi connectivity index (χ1n) is 9.41. The molecular formula is C21H25N5OS. The lowest BCUT2D eigenvalue weighted by Gasteiger charge is -2.13. The number of carbonyl (C=O) groups is 1. The van der Waals surface area contributed by atoms with Crippen LogP contribution in [0.3, 0.4) is 0 Å². The molecule has 0 aliphatic heterocycles. The van der Waals surface area contributed by atoms with Crippen LogP contribution in [0.4, 0.5) is 5.69 Å². The molecule has 0 spiro atoms. The molecule has 6 nitrogen and oxygen atoms in total. The smallest absolute Gasteiger partial charge is 0.237 e. The van der Waals surface area contributed by atoms with Crippen molar-refractivity contribution in [1.82, 2.24) is 19.7 Å². The van der Waals surface area contributed by atoms with Gasteiger partial charge in [-0.05, 0) is 49.6 Å². The van der Waals surface area contributed by atoms with Gasteiger partial charge in [-0.3, -0.25) is 9.78 Å². The number of aromatic nitrogens is 4. The fraction of sp³-hybridized carbons (Fsp3) is 0.333. The van der Waals surface area contributed by atoms with Crippen LogP contribution in [-0.2, 0) is 11.3 Å². The summed E-state index contributed by atoms with van der Waals surface area (Å²) >= 11 is 1.40. The third kappa shape index (κ3) is 4.59. The first-order valence-corrected chi connectivity index (χ1v) is 10.3. The molecule has 0 fully saturated rings. The SMILES string of the molecule is CCn1c(SC(C)C(=O)Nc2ccc(C(C)C)cc2)nnc1-c1ccccn1. The third-order valence-electron chi connectivity index (χ3n) is 4.42. The second-order valence-corrected chi connectivity index (χ2v) is 8.10. The lowest BCUT2D eigenvalue weighted by molar-refractivity contribution is -0.115. The number of pyridine rings is 1. The largest absolute Gasteiger partial charge is 0.325 e. The zero-order chi connectivity index (χ0) is 20.1. The molecule has 1 atom stereocenters. The maximum Gasteiger partial charge on any atom is 0.237 e. The minimum Gasteiger partial charge on any atom is -0.325 e. The third-order valence-corrected chi connectivity index (χ3v) is 5.50. The van der Waals surface area contributed by atoms with Crippen LogP contribution in [0.25, 0.3) is 11.5 Å². The topological polar surface area (TPSA) is 72.7 Å². The summed E-state index contributed by atoms with van der Waals surface area (Å²) in [6.07, 6.45) is 1.73. The van der Waals surface area contributed by atoms with Gasteiger partial charge in [-0.15, -0.1) is 10.2 Å². The highest BCUT2D eigenvalue weighted by Gasteiger charge is 2.20. The Kier molecular flexibility index (Phi) is 6.46. The van der Waals surface area contributed by atoms with Crippen molar-refractivity contribution in [1.29, 1.82) is 0 Å². The van der Waals surface area contributed by atoms with Crippen LogP contribution in [0, 0.1) is 0 Å². The molecule has 0 aliphatic rings. The highest BCUT2D eigenvalue weighted by molar-refractivity contribution is 8.00. The molecule has 1 N–H and O–H groups in total. The lowest BCUT2D eigenvalue weighted by Crippen LogP contribution is -2.23. The van der Waals surface area contributed by atoms with Crippen LogP contribution in [0.1, 0.15) is 39.2 Å². The molecule has 2 aromatic heterocycles. The molecule has 0 bridgehead atoms. The Hall–Kier alpha value is -2.67. The number of hydrogen-bond donors (Lipinski definition) is 1. The summed E-state index contributed by atoms with van der Waals surface area (Å²) < 4.78 is 1.98. The van der Waals surface area contributed by atoms with Crippen molar-refractivity contribution >= 4 is 23.4 Å². The highest BCUT2D eigenvalue weighted by atomic mass is 32.2. The Bertz CT molecular complexity index is 922. The zero-order valence-corrected chi connectivity index (χ0v) is 17.4. The normalized spacial score (nSPS) is 12.2. The number of benzene rings is 1. The van der Waals surface area contributed by atoms with Gasteiger partial charge in [0.15, 0.2) is 11.0 Å². The number of carbonyl (C=O) groups excluding carboxylic acids is 1. The van der Waals surface area contributed by atoms with E-state index in [1.54, 1.807) is 6.20 Å². The molecule has 146 valence electrons. The van der Waals surface area contributed by atoms with E-state index in [0.717, 1.165) is 11.4 Å². The summed E-state index contributed by atoms with van der Waals surface area (Å²) in [4.78, 5) is 17.0. The van der Waals surface area contributed by atoms with Crippen molar-refractivity contribution in [3.63, 3.8) is 0 Å². The fourth-order valence-electron chi connectivity index (χ4n) is 2.75. The number of thioether (sulfide) groups is 1.